The Hall–Kier alpha value is -1.09. The third kappa shape index (κ3) is 2.60. The molecule has 1 aromatic carbocycles. The van der Waals surface area contributed by atoms with Crippen molar-refractivity contribution >= 4 is 5.69 Å². The average molecular weight is 237 g/mol. The second-order valence-electron chi connectivity index (χ2n) is 4.90. The van der Waals surface area contributed by atoms with Crippen LogP contribution in [0, 0.1) is 11.7 Å². The lowest BCUT2D eigenvalue weighted by molar-refractivity contribution is 0.199. The highest BCUT2D eigenvalue weighted by atomic mass is 19.1. The van der Waals surface area contributed by atoms with Crippen molar-refractivity contribution in [2.24, 2.45) is 5.92 Å². The summed E-state index contributed by atoms with van der Waals surface area (Å²) in [4.78, 5) is 2.11. The largest absolute Gasteiger partial charge is 0.389 e. The number of halogens is 1. The lowest BCUT2D eigenvalue weighted by Crippen LogP contribution is -2.20. The molecule has 0 spiro atoms. The van der Waals surface area contributed by atoms with Gasteiger partial charge in [0.25, 0.3) is 0 Å². The van der Waals surface area contributed by atoms with Crippen molar-refractivity contribution in [2.75, 3.05) is 18.0 Å². The molecule has 0 aliphatic carbocycles. The predicted octanol–water partition coefficient (Wildman–Crippen LogP) is 3.12. The fraction of sp³-hybridized carbons (Fsp3) is 0.571. The monoisotopic (exact) mass is 237 g/mol. The first-order valence-corrected chi connectivity index (χ1v) is 6.34. The Morgan fingerprint density at radius 1 is 1.53 bits per heavy atom. The third-order valence-corrected chi connectivity index (χ3v) is 3.66. The first kappa shape index (κ1) is 12.4. The molecule has 1 N–H and O–H groups in total. The van der Waals surface area contributed by atoms with Gasteiger partial charge in [0.05, 0.1) is 11.8 Å². The lowest BCUT2D eigenvalue weighted by atomic mass is 10.1. The molecule has 0 aromatic heterocycles. The maximum atomic E-state index is 13.9. The number of aliphatic hydroxyl groups excluding tert-OH is 1. The highest BCUT2D eigenvalue weighted by molar-refractivity contribution is 5.50. The second-order valence-corrected chi connectivity index (χ2v) is 4.90. The zero-order valence-electron chi connectivity index (χ0n) is 10.5. The van der Waals surface area contributed by atoms with E-state index in [9.17, 15) is 9.50 Å². The summed E-state index contributed by atoms with van der Waals surface area (Å²) in [6, 6.07) is 5.04. The summed E-state index contributed by atoms with van der Waals surface area (Å²) in [5.41, 5.74) is 1.31. The summed E-state index contributed by atoms with van der Waals surface area (Å²) in [7, 11) is 0. The van der Waals surface area contributed by atoms with Crippen molar-refractivity contribution in [3.05, 3.63) is 29.6 Å². The van der Waals surface area contributed by atoms with Crippen molar-refractivity contribution in [3.8, 4) is 0 Å². The number of nitrogens with zero attached hydrogens (tertiary/aromatic N) is 1. The van der Waals surface area contributed by atoms with Crippen LogP contribution in [-0.4, -0.2) is 18.2 Å². The maximum Gasteiger partial charge on any atom is 0.146 e. The normalized spacial score (nSPS) is 21.9. The Labute approximate surface area is 102 Å². The van der Waals surface area contributed by atoms with Crippen LogP contribution in [0.1, 0.15) is 38.4 Å². The summed E-state index contributed by atoms with van der Waals surface area (Å²) in [6.07, 6.45) is 1.69. The van der Waals surface area contributed by atoms with Gasteiger partial charge in [0, 0.05) is 13.1 Å². The van der Waals surface area contributed by atoms with E-state index in [-0.39, 0.29) is 5.82 Å². The van der Waals surface area contributed by atoms with Crippen LogP contribution in [-0.2, 0) is 0 Å². The molecule has 3 heteroatoms. The van der Waals surface area contributed by atoms with Crippen molar-refractivity contribution in [1.82, 2.24) is 0 Å². The highest BCUT2D eigenvalue weighted by Gasteiger charge is 2.23. The molecule has 1 fully saturated rings. The van der Waals surface area contributed by atoms with E-state index in [2.05, 4.69) is 11.8 Å². The van der Waals surface area contributed by atoms with E-state index < -0.39 is 6.10 Å². The Kier molecular flexibility index (Phi) is 3.67. The summed E-state index contributed by atoms with van der Waals surface area (Å²) in [5.74, 6) is 0.464. The molecule has 1 aromatic rings. The molecule has 0 radical (unpaired) electrons. The van der Waals surface area contributed by atoms with E-state index in [0.29, 0.717) is 17.2 Å². The van der Waals surface area contributed by atoms with Gasteiger partial charge in [0.2, 0.25) is 0 Å². The molecule has 1 unspecified atom stereocenters. The Morgan fingerprint density at radius 2 is 2.29 bits per heavy atom. The van der Waals surface area contributed by atoms with Crippen molar-refractivity contribution in [3.63, 3.8) is 0 Å². The van der Waals surface area contributed by atoms with E-state index in [4.69, 9.17) is 0 Å². The number of rotatable bonds is 3. The molecule has 2 atom stereocenters. The first-order valence-electron chi connectivity index (χ1n) is 6.34. The second kappa shape index (κ2) is 5.05. The van der Waals surface area contributed by atoms with Gasteiger partial charge >= 0.3 is 0 Å². The van der Waals surface area contributed by atoms with Crippen LogP contribution < -0.4 is 4.90 Å². The molecule has 2 rings (SSSR count). The molecule has 1 aliphatic rings. The van der Waals surface area contributed by atoms with Crippen LogP contribution in [0.5, 0.6) is 0 Å². The topological polar surface area (TPSA) is 23.5 Å². The highest BCUT2D eigenvalue weighted by Crippen LogP contribution is 2.29. The summed E-state index contributed by atoms with van der Waals surface area (Å²) in [5, 5.41) is 9.40. The van der Waals surface area contributed by atoms with Gasteiger partial charge in [0.1, 0.15) is 5.82 Å². The van der Waals surface area contributed by atoms with Gasteiger partial charge in [-0.2, -0.15) is 0 Å². The smallest absolute Gasteiger partial charge is 0.146 e. The van der Waals surface area contributed by atoms with Crippen LogP contribution in [0.15, 0.2) is 18.2 Å². The molecule has 2 nitrogen and oxygen atoms in total. The van der Waals surface area contributed by atoms with Gasteiger partial charge in [-0.15, -0.1) is 0 Å². The molecule has 0 amide bonds. The first-order chi connectivity index (χ1) is 8.11. The number of anilines is 1. The fourth-order valence-corrected chi connectivity index (χ4v) is 2.42. The Bertz CT molecular complexity index is 392. The Morgan fingerprint density at radius 3 is 2.82 bits per heavy atom. The van der Waals surface area contributed by atoms with Gasteiger partial charge in [-0.3, -0.25) is 0 Å². The van der Waals surface area contributed by atoms with Crippen LogP contribution in [0.3, 0.4) is 0 Å². The van der Waals surface area contributed by atoms with Gasteiger partial charge in [0.15, 0.2) is 0 Å². The number of hydrogen-bond donors (Lipinski definition) is 1. The average Bonchev–Trinajstić information content (AvgIpc) is 2.77. The zero-order valence-corrected chi connectivity index (χ0v) is 10.5. The third-order valence-electron chi connectivity index (χ3n) is 3.66. The molecular formula is C14H20FNO. The summed E-state index contributed by atoms with van der Waals surface area (Å²) < 4.78 is 13.9. The molecule has 1 heterocycles. The summed E-state index contributed by atoms with van der Waals surface area (Å²) in [6.45, 7) is 5.71. The van der Waals surface area contributed by atoms with Crippen LogP contribution in [0.4, 0.5) is 10.1 Å². The molecule has 17 heavy (non-hydrogen) atoms. The molecule has 0 bridgehead atoms. The van der Waals surface area contributed by atoms with Gasteiger partial charge in [-0.05, 0) is 37.0 Å². The maximum absolute atomic E-state index is 13.9. The minimum absolute atomic E-state index is 0.222. The van der Waals surface area contributed by atoms with Crippen molar-refractivity contribution in [2.45, 2.75) is 32.8 Å². The minimum Gasteiger partial charge on any atom is -0.389 e. The van der Waals surface area contributed by atoms with E-state index in [1.807, 2.05) is 6.07 Å². The van der Waals surface area contributed by atoms with E-state index in [0.717, 1.165) is 25.9 Å². The quantitative estimate of drug-likeness (QED) is 0.873. The van der Waals surface area contributed by atoms with Gasteiger partial charge < -0.3 is 10.0 Å². The van der Waals surface area contributed by atoms with Gasteiger partial charge in [-0.25, -0.2) is 4.39 Å². The van der Waals surface area contributed by atoms with E-state index >= 15 is 0 Å². The van der Waals surface area contributed by atoms with E-state index in [1.165, 1.54) is 6.07 Å². The zero-order chi connectivity index (χ0) is 12.4. The van der Waals surface area contributed by atoms with Crippen molar-refractivity contribution in [1.29, 1.82) is 0 Å². The SMILES string of the molecule is CCC1CCN(c2ccc([C@H](C)O)cc2F)C1. The fourth-order valence-electron chi connectivity index (χ4n) is 2.42. The number of aliphatic hydroxyl groups is 1. The standard InChI is InChI=1S/C14H20FNO/c1-3-11-6-7-16(9-11)14-5-4-12(10(2)17)8-13(14)15/h4-5,8,10-11,17H,3,6-7,9H2,1-2H3/t10-,11?/m0/s1. The lowest BCUT2D eigenvalue weighted by Gasteiger charge is -2.20. The van der Waals surface area contributed by atoms with Gasteiger partial charge in [-0.1, -0.05) is 19.4 Å². The molecule has 1 aliphatic heterocycles. The van der Waals surface area contributed by atoms with Crippen LogP contribution in [0.2, 0.25) is 0 Å². The number of hydrogen-bond acceptors (Lipinski definition) is 2. The van der Waals surface area contributed by atoms with Crippen molar-refractivity contribution < 1.29 is 9.50 Å². The molecule has 94 valence electrons. The van der Waals surface area contributed by atoms with E-state index in [1.54, 1.807) is 13.0 Å². The molecule has 0 saturated carbocycles. The Balaban J connectivity index is 2.17. The molecule has 1 saturated heterocycles. The van der Waals surface area contributed by atoms with Crippen LogP contribution in [0.25, 0.3) is 0 Å². The number of benzene rings is 1. The molecular weight excluding hydrogens is 217 g/mol. The van der Waals surface area contributed by atoms with Crippen LogP contribution >= 0.6 is 0 Å². The predicted molar refractivity (Wildman–Crippen MR) is 67.6 cm³/mol. The minimum atomic E-state index is -0.611. The summed E-state index contributed by atoms with van der Waals surface area (Å²) >= 11 is 0.